The van der Waals surface area contributed by atoms with Gasteiger partial charge in [0.25, 0.3) is 5.56 Å². The van der Waals surface area contributed by atoms with Crippen molar-refractivity contribution in [2.75, 3.05) is 48.8 Å². The lowest BCUT2D eigenvalue weighted by Crippen LogP contribution is -2.43. The molecule has 9 nitrogen and oxygen atoms in total. The first-order valence-electron chi connectivity index (χ1n) is 8.72. The molecule has 1 unspecified atom stereocenters. The normalized spacial score (nSPS) is 17.2. The molecule has 2 aromatic heterocycles. The second kappa shape index (κ2) is 8.13. The Bertz CT molecular complexity index is 808. The van der Waals surface area contributed by atoms with E-state index in [1.54, 1.807) is 19.3 Å². The molecule has 0 amide bonds. The van der Waals surface area contributed by atoms with E-state index in [2.05, 4.69) is 30.6 Å². The molecule has 1 saturated heterocycles. The van der Waals surface area contributed by atoms with Gasteiger partial charge in [-0.05, 0) is 13.3 Å². The monoisotopic (exact) mass is 359 g/mol. The van der Waals surface area contributed by atoms with Crippen LogP contribution in [0.4, 0.5) is 17.5 Å². The molecule has 3 heterocycles. The van der Waals surface area contributed by atoms with Crippen molar-refractivity contribution in [3.63, 3.8) is 0 Å². The lowest BCUT2D eigenvalue weighted by molar-refractivity contribution is 0.0374. The van der Waals surface area contributed by atoms with Crippen LogP contribution in [0.25, 0.3) is 0 Å². The second-order valence-corrected chi connectivity index (χ2v) is 6.30. The third kappa shape index (κ3) is 4.48. The first kappa shape index (κ1) is 18.1. The van der Waals surface area contributed by atoms with Crippen LogP contribution in [0, 0.1) is 6.92 Å². The van der Waals surface area contributed by atoms with Crippen LogP contribution >= 0.6 is 0 Å². The molecular weight excluding hydrogens is 334 g/mol. The van der Waals surface area contributed by atoms with Crippen molar-refractivity contribution < 1.29 is 4.74 Å². The number of aromatic nitrogens is 4. The van der Waals surface area contributed by atoms with Crippen LogP contribution in [0.2, 0.25) is 0 Å². The maximum absolute atomic E-state index is 11.8. The molecule has 0 aromatic carbocycles. The van der Waals surface area contributed by atoms with E-state index in [4.69, 9.17) is 4.74 Å². The summed E-state index contributed by atoms with van der Waals surface area (Å²) in [4.78, 5) is 22.7. The van der Waals surface area contributed by atoms with Crippen LogP contribution in [0.5, 0.6) is 0 Å². The van der Waals surface area contributed by atoms with Crippen molar-refractivity contribution in [1.82, 2.24) is 19.7 Å². The average molecular weight is 359 g/mol. The van der Waals surface area contributed by atoms with Gasteiger partial charge in [0, 0.05) is 51.6 Å². The Morgan fingerprint density at radius 3 is 2.96 bits per heavy atom. The van der Waals surface area contributed by atoms with Gasteiger partial charge in [0.15, 0.2) is 0 Å². The molecule has 26 heavy (non-hydrogen) atoms. The number of nitrogens with one attached hydrogen (secondary N) is 2. The Kier molecular flexibility index (Phi) is 5.67. The highest BCUT2D eigenvalue weighted by atomic mass is 16.5. The van der Waals surface area contributed by atoms with Gasteiger partial charge in [-0.25, -0.2) is 9.67 Å². The average Bonchev–Trinajstić information content (AvgIpc) is 2.64. The van der Waals surface area contributed by atoms with Crippen molar-refractivity contribution in [1.29, 1.82) is 0 Å². The van der Waals surface area contributed by atoms with E-state index >= 15 is 0 Å². The van der Waals surface area contributed by atoms with Crippen LogP contribution < -0.4 is 21.1 Å². The van der Waals surface area contributed by atoms with Crippen molar-refractivity contribution in [3.8, 4) is 0 Å². The number of hydrogen-bond donors (Lipinski definition) is 2. The Balaban J connectivity index is 1.54. The van der Waals surface area contributed by atoms with Crippen molar-refractivity contribution in [3.05, 3.63) is 34.4 Å². The van der Waals surface area contributed by atoms with Crippen LogP contribution in [0.3, 0.4) is 0 Å². The highest BCUT2D eigenvalue weighted by Crippen LogP contribution is 2.16. The third-order valence-electron chi connectivity index (χ3n) is 4.32. The zero-order valence-electron chi connectivity index (χ0n) is 15.4. The molecule has 1 fully saturated rings. The van der Waals surface area contributed by atoms with Gasteiger partial charge in [-0.1, -0.05) is 0 Å². The molecule has 1 atom stereocenters. The lowest BCUT2D eigenvalue weighted by atomic mass is 10.2. The summed E-state index contributed by atoms with van der Waals surface area (Å²) in [5.41, 5.74) is 1.64. The fraction of sp³-hybridized carbons (Fsp3) is 0.529. The second-order valence-electron chi connectivity index (χ2n) is 6.30. The Labute approximate surface area is 152 Å². The molecule has 0 aliphatic carbocycles. The van der Waals surface area contributed by atoms with Gasteiger partial charge < -0.3 is 20.3 Å². The molecule has 3 rings (SSSR count). The quantitative estimate of drug-likeness (QED) is 0.775. The zero-order valence-corrected chi connectivity index (χ0v) is 15.4. The minimum atomic E-state index is -0.107. The van der Waals surface area contributed by atoms with Gasteiger partial charge in [-0.15, -0.1) is 0 Å². The number of ether oxygens (including phenoxy) is 1. The zero-order chi connectivity index (χ0) is 18.5. The molecule has 0 radical (unpaired) electrons. The molecule has 1 aliphatic rings. The van der Waals surface area contributed by atoms with E-state index in [9.17, 15) is 4.79 Å². The Morgan fingerprint density at radius 1 is 1.35 bits per heavy atom. The predicted molar refractivity (Wildman–Crippen MR) is 101 cm³/mol. The summed E-state index contributed by atoms with van der Waals surface area (Å²) in [7, 11) is 3.48. The van der Waals surface area contributed by atoms with E-state index in [1.165, 1.54) is 4.68 Å². The maximum Gasteiger partial charge on any atom is 0.268 e. The van der Waals surface area contributed by atoms with Gasteiger partial charge in [0.1, 0.15) is 5.82 Å². The molecule has 0 spiro atoms. The fourth-order valence-corrected chi connectivity index (χ4v) is 2.88. The first-order valence-corrected chi connectivity index (χ1v) is 8.72. The molecule has 0 bridgehead atoms. The largest absolute Gasteiger partial charge is 0.374 e. The highest BCUT2D eigenvalue weighted by molar-refractivity contribution is 5.43. The molecule has 1 aliphatic heterocycles. The highest BCUT2D eigenvalue weighted by Gasteiger charge is 2.21. The number of rotatable bonds is 6. The topological polar surface area (TPSA) is 97.2 Å². The number of hydrogen-bond acceptors (Lipinski definition) is 8. The van der Waals surface area contributed by atoms with Gasteiger partial charge in [-0.2, -0.15) is 10.1 Å². The van der Waals surface area contributed by atoms with Crippen LogP contribution in [0.15, 0.2) is 23.1 Å². The predicted octanol–water partition coefficient (Wildman–Crippen LogP) is 0.628. The summed E-state index contributed by atoms with van der Waals surface area (Å²) in [6, 6.07) is 3.51. The van der Waals surface area contributed by atoms with Gasteiger partial charge in [0.05, 0.1) is 24.6 Å². The molecule has 140 valence electrons. The van der Waals surface area contributed by atoms with E-state index in [0.717, 1.165) is 36.7 Å². The van der Waals surface area contributed by atoms with Gasteiger partial charge >= 0.3 is 0 Å². The van der Waals surface area contributed by atoms with Crippen LogP contribution in [-0.2, 0) is 11.8 Å². The number of morpholine rings is 1. The summed E-state index contributed by atoms with van der Waals surface area (Å²) in [6.07, 6.45) is 2.62. The van der Waals surface area contributed by atoms with E-state index < -0.39 is 0 Å². The number of anilines is 3. The van der Waals surface area contributed by atoms with E-state index in [1.807, 2.05) is 20.0 Å². The SMILES string of the molecule is CNc1cc(C)nc(NCCC2CN(c3cnn(C)c(=O)c3)CCO2)n1. The van der Waals surface area contributed by atoms with Gasteiger partial charge in [0.2, 0.25) is 5.95 Å². The van der Waals surface area contributed by atoms with E-state index in [-0.39, 0.29) is 11.7 Å². The van der Waals surface area contributed by atoms with Crippen molar-refractivity contribution in [2.24, 2.45) is 7.05 Å². The maximum atomic E-state index is 11.8. The summed E-state index contributed by atoms with van der Waals surface area (Å²) >= 11 is 0. The molecular formula is C17H25N7O2. The Hall–Kier alpha value is -2.68. The van der Waals surface area contributed by atoms with Crippen LogP contribution in [0.1, 0.15) is 12.1 Å². The molecule has 2 aromatic rings. The van der Waals surface area contributed by atoms with Gasteiger partial charge in [-0.3, -0.25) is 4.79 Å². The molecule has 2 N–H and O–H groups in total. The fourth-order valence-electron chi connectivity index (χ4n) is 2.88. The van der Waals surface area contributed by atoms with Crippen LogP contribution in [-0.4, -0.2) is 59.1 Å². The summed E-state index contributed by atoms with van der Waals surface area (Å²) < 4.78 is 7.18. The summed E-state index contributed by atoms with van der Waals surface area (Å²) in [5.74, 6) is 1.40. The number of nitrogens with zero attached hydrogens (tertiary/aromatic N) is 5. The summed E-state index contributed by atoms with van der Waals surface area (Å²) in [5, 5.41) is 10.4. The Morgan fingerprint density at radius 2 is 2.19 bits per heavy atom. The molecule has 0 saturated carbocycles. The number of aryl methyl sites for hydroxylation is 2. The molecule has 9 heteroatoms. The minimum Gasteiger partial charge on any atom is -0.374 e. The third-order valence-corrected chi connectivity index (χ3v) is 4.32. The van der Waals surface area contributed by atoms with Crippen molar-refractivity contribution in [2.45, 2.75) is 19.4 Å². The lowest BCUT2D eigenvalue weighted by Gasteiger charge is -2.34. The smallest absolute Gasteiger partial charge is 0.268 e. The minimum absolute atomic E-state index is 0.0777. The first-order chi connectivity index (χ1) is 12.5. The van der Waals surface area contributed by atoms with Crippen molar-refractivity contribution >= 4 is 17.5 Å². The van der Waals surface area contributed by atoms with E-state index in [0.29, 0.717) is 19.1 Å². The summed E-state index contributed by atoms with van der Waals surface area (Å²) in [6.45, 7) is 4.76. The standard InChI is InChI=1S/C17H25N7O2/c1-12-8-15(18-2)22-17(21-12)19-5-4-14-11-24(6-7-26-14)13-9-16(25)23(3)20-10-13/h8-10,14H,4-7,11H2,1-3H3,(H2,18,19,21,22).